The van der Waals surface area contributed by atoms with Gasteiger partial charge in [-0.2, -0.15) is 5.10 Å². The van der Waals surface area contributed by atoms with Gasteiger partial charge in [0.15, 0.2) is 5.69 Å². The summed E-state index contributed by atoms with van der Waals surface area (Å²) in [5, 5.41) is 13.5. The van der Waals surface area contributed by atoms with Crippen molar-refractivity contribution in [3.05, 3.63) is 106 Å². The number of rotatable bonds is 7. The quantitative estimate of drug-likeness (QED) is 0.283. The highest BCUT2D eigenvalue weighted by atomic mass is 19.1. The number of halogens is 1. The number of pyridine rings is 1. The van der Waals surface area contributed by atoms with Gasteiger partial charge in [-0.25, -0.2) is 9.18 Å². The molecule has 0 aliphatic carbocycles. The molecule has 0 spiro atoms. The molecule has 1 fully saturated rings. The van der Waals surface area contributed by atoms with Crippen molar-refractivity contribution in [3.63, 3.8) is 0 Å². The summed E-state index contributed by atoms with van der Waals surface area (Å²) in [6, 6.07) is 17.1. The highest BCUT2D eigenvalue weighted by Crippen LogP contribution is 2.35. The van der Waals surface area contributed by atoms with Gasteiger partial charge in [0.25, 0.3) is 11.5 Å². The molecule has 0 bridgehead atoms. The fraction of sp³-hybridized carbons (Fsp3) is 0.353. The van der Waals surface area contributed by atoms with Crippen molar-refractivity contribution in [3.8, 4) is 5.69 Å². The molecular weight excluding hydrogens is 587 g/mol. The van der Waals surface area contributed by atoms with Crippen LogP contribution in [0.1, 0.15) is 60.0 Å². The maximum absolute atomic E-state index is 14.9. The molecule has 3 amide bonds. The number of fused-ring (bicyclic) bond motifs is 1. The molecule has 46 heavy (non-hydrogen) atoms. The molecule has 4 aromatic rings. The summed E-state index contributed by atoms with van der Waals surface area (Å²) in [5.41, 5.74) is 4.59. The zero-order valence-corrected chi connectivity index (χ0v) is 26.3. The monoisotopic (exact) mass is 626 g/mol. The van der Waals surface area contributed by atoms with Crippen LogP contribution in [0.25, 0.3) is 5.69 Å². The van der Waals surface area contributed by atoms with Crippen LogP contribution in [-0.4, -0.2) is 63.9 Å². The van der Waals surface area contributed by atoms with E-state index in [1.807, 2.05) is 48.9 Å². The lowest BCUT2D eigenvalue weighted by atomic mass is 9.95. The van der Waals surface area contributed by atoms with E-state index in [1.165, 1.54) is 18.2 Å². The van der Waals surface area contributed by atoms with Crippen molar-refractivity contribution in [1.29, 1.82) is 0 Å². The van der Waals surface area contributed by atoms with Gasteiger partial charge < -0.3 is 25.8 Å². The van der Waals surface area contributed by atoms with Crippen molar-refractivity contribution < 1.29 is 14.0 Å². The first kappa shape index (κ1) is 31.0. The number of urea groups is 1. The zero-order valence-electron chi connectivity index (χ0n) is 26.3. The number of nitrogens with zero attached hydrogens (tertiary/aromatic N) is 5. The largest absolute Gasteiger partial charge is 0.366 e. The molecule has 2 aromatic heterocycles. The Bertz CT molecular complexity index is 1790. The SMILES string of the molecule is CC(C)n1nc(C(=O)NCc2ccc(NC(=O)N3CCNCC3)c(F)c2)c2c1[C@@H](C)CN(c1ccc(-n3ccccc3=O)cc1)C2. The van der Waals surface area contributed by atoms with Gasteiger partial charge in [-0.05, 0) is 61.9 Å². The van der Waals surface area contributed by atoms with E-state index < -0.39 is 5.82 Å². The van der Waals surface area contributed by atoms with E-state index in [2.05, 4.69) is 27.8 Å². The molecule has 240 valence electrons. The third-order valence-corrected chi connectivity index (χ3v) is 8.51. The minimum Gasteiger partial charge on any atom is -0.366 e. The third kappa shape index (κ3) is 6.38. The van der Waals surface area contributed by atoms with E-state index in [4.69, 9.17) is 5.10 Å². The third-order valence-electron chi connectivity index (χ3n) is 8.51. The van der Waals surface area contributed by atoms with Crippen LogP contribution in [0.2, 0.25) is 0 Å². The Balaban J connectivity index is 1.17. The molecule has 1 saturated heterocycles. The lowest BCUT2D eigenvalue weighted by molar-refractivity contribution is 0.0944. The first-order valence-corrected chi connectivity index (χ1v) is 15.7. The molecule has 4 heterocycles. The predicted molar refractivity (Wildman–Crippen MR) is 175 cm³/mol. The summed E-state index contributed by atoms with van der Waals surface area (Å²) in [7, 11) is 0. The predicted octanol–water partition coefficient (Wildman–Crippen LogP) is 4.24. The van der Waals surface area contributed by atoms with E-state index >= 15 is 0 Å². The van der Waals surface area contributed by atoms with Crippen molar-refractivity contribution in [1.82, 2.24) is 29.9 Å². The van der Waals surface area contributed by atoms with E-state index in [-0.39, 0.29) is 41.7 Å². The van der Waals surface area contributed by atoms with E-state index in [0.29, 0.717) is 44.0 Å². The van der Waals surface area contributed by atoms with E-state index in [9.17, 15) is 18.8 Å². The van der Waals surface area contributed by atoms with Crippen molar-refractivity contribution >= 4 is 23.3 Å². The summed E-state index contributed by atoms with van der Waals surface area (Å²) in [6.45, 7) is 10.1. The number of carbonyl (C=O) groups is 2. The van der Waals surface area contributed by atoms with E-state index in [1.54, 1.807) is 27.8 Å². The number of anilines is 2. The van der Waals surface area contributed by atoms with Crippen LogP contribution in [0.15, 0.2) is 71.7 Å². The Labute approximate surface area is 267 Å². The average molecular weight is 627 g/mol. The van der Waals surface area contributed by atoms with Crippen molar-refractivity contribution in [2.75, 3.05) is 42.9 Å². The van der Waals surface area contributed by atoms with Crippen LogP contribution >= 0.6 is 0 Å². The van der Waals surface area contributed by atoms with Gasteiger partial charge in [-0.15, -0.1) is 0 Å². The molecule has 3 N–H and O–H groups in total. The van der Waals surface area contributed by atoms with Crippen LogP contribution in [0.3, 0.4) is 0 Å². The van der Waals surface area contributed by atoms with Gasteiger partial charge in [0.05, 0.1) is 5.69 Å². The first-order chi connectivity index (χ1) is 22.2. The van der Waals surface area contributed by atoms with Crippen molar-refractivity contribution in [2.45, 2.75) is 45.8 Å². The summed E-state index contributed by atoms with van der Waals surface area (Å²) in [5.74, 6) is -0.793. The number of amides is 3. The van der Waals surface area contributed by atoms with E-state index in [0.717, 1.165) is 29.2 Å². The molecule has 12 heteroatoms. The fourth-order valence-electron chi connectivity index (χ4n) is 6.17. The van der Waals surface area contributed by atoms with Gasteiger partial charge in [0.2, 0.25) is 0 Å². The summed E-state index contributed by atoms with van der Waals surface area (Å²) < 4.78 is 18.5. The normalized spacial score (nSPS) is 16.3. The molecule has 2 aliphatic rings. The molecule has 1 atom stereocenters. The Morgan fingerprint density at radius 1 is 1.04 bits per heavy atom. The summed E-state index contributed by atoms with van der Waals surface area (Å²) in [4.78, 5) is 42.2. The van der Waals surface area contributed by atoms with Gasteiger partial charge in [0, 0.05) is 92.7 Å². The summed E-state index contributed by atoms with van der Waals surface area (Å²) >= 11 is 0. The molecule has 2 aliphatic heterocycles. The zero-order chi connectivity index (χ0) is 32.4. The molecular formula is C34H39FN8O3. The van der Waals surface area contributed by atoms with Gasteiger partial charge in [-0.3, -0.25) is 18.8 Å². The molecule has 0 saturated carbocycles. The Hall–Kier alpha value is -4.97. The number of nitrogens with one attached hydrogen (secondary N) is 3. The summed E-state index contributed by atoms with van der Waals surface area (Å²) in [6.07, 6.45) is 1.74. The van der Waals surface area contributed by atoms with Crippen LogP contribution in [0.5, 0.6) is 0 Å². The number of benzene rings is 2. The second-order valence-corrected chi connectivity index (χ2v) is 12.1. The number of hydrogen-bond acceptors (Lipinski definition) is 6. The lowest BCUT2D eigenvalue weighted by Crippen LogP contribution is -2.48. The Kier molecular flexibility index (Phi) is 8.89. The highest BCUT2D eigenvalue weighted by molar-refractivity contribution is 5.94. The van der Waals surface area contributed by atoms with Gasteiger partial charge in [-0.1, -0.05) is 19.1 Å². The van der Waals surface area contributed by atoms with Gasteiger partial charge >= 0.3 is 6.03 Å². The fourth-order valence-corrected chi connectivity index (χ4v) is 6.17. The Morgan fingerprint density at radius 2 is 1.78 bits per heavy atom. The first-order valence-electron chi connectivity index (χ1n) is 15.7. The second kappa shape index (κ2) is 13.2. The minimum atomic E-state index is -0.565. The van der Waals surface area contributed by atoms with Gasteiger partial charge in [0.1, 0.15) is 5.82 Å². The van der Waals surface area contributed by atoms with Crippen LogP contribution in [0.4, 0.5) is 20.6 Å². The average Bonchev–Trinajstić information content (AvgIpc) is 3.46. The molecule has 0 unspecified atom stereocenters. The topological polar surface area (TPSA) is 117 Å². The number of carbonyl (C=O) groups excluding carboxylic acids is 2. The maximum atomic E-state index is 14.9. The highest BCUT2D eigenvalue weighted by Gasteiger charge is 2.33. The van der Waals surface area contributed by atoms with Crippen LogP contribution < -0.4 is 26.4 Å². The molecule has 0 radical (unpaired) electrons. The second-order valence-electron chi connectivity index (χ2n) is 12.1. The number of hydrogen-bond donors (Lipinski definition) is 3. The maximum Gasteiger partial charge on any atom is 0.322 e. The number of piperazine rings is 1. The minimum absolute atomic E-state index is 0.0609. The smallest absolute Gasteiger partial charge is 0.322 e. The van der Waals surface area contributed by atoms with Crippen molar-refractivity contribution in [2.24, 2.45) is 0 Å². The molecule has 2 aromatic carbocycles. The Morgan fingerprint density at radius 3 is 2.48 bits per heavy atom. The molecule has 11 nitrogen and oxygen atoms in total. The number of aromatic nitrogens is 3. The molecule has 6 rings (SSSR count). The van der Waals surface area contributed by atoms with Crippen LogP contribution in [-0.2, 0) is 13.1 Å². The lowest BCUT2D eigenvalue weighted by Gasteiger charge is -2.34. The standard InChI is InChI=1S/C34H39FN8O3/c1-22(2)43-32-23(3)20-41(25-8-10-26(11-9-25)42-15-5-4-6-30(42)44)21-27(32)31(39-43)33(45)37-19-24-7-12-29(28(35)18-24)38-34(46)40-16-13-36-14-17-40/h4-12,15,18,22-23,36H,13-14,16-17,19-21H2,1-3H3,(H,37,45)(H,38,46)/t23-/m0/s1. The van der Waals surface area contributed by atoms with Crippen LogP contribution in [0, 0.1) is 5.82 Å².